The molecular weight excluding hydrogens is 278 g/mol. The Kier molecular flexibility index (Phi) is 9.05. The normalized spacial score (nSPS) is 17.1. The number of benzene rings is 1. The van der Waals surface area contributed by atoms with Crippen LogP contribution in [0.5, 0.6) is 0 Å². The van der Waals surface area contributed by atoms with Gasteiger partial charge in [0.15, 0.2) is 0 Å². The van der Waals surface area contributed by atoms with E-state index in [4.69, 9.17) is 0 Å². The molecule has 0 aromatic heterocycles. The smallest absolute Gasteiger partial charge is 0.0205 e. The molecule has 122 valence electrons. The first-order valence-corrected chi connectivity index (χ1v) is 10.6. The van der Waals surface area contributed by atoms with Crippen molar-refractivity contribution in [3.63, 3.8) is 0 Å². The molecule has 21 heavy (non-hydrogen) atoms. The lowest BCUT2D eigenvalue weighted by atomic mass is 10.0. The van der Waals surface area contributed by atoms with Gasteiger partial charge in [0, 0.05) is 6.54 Å². The van der Waals surface area contributed by atoms with Crippen molar-refractivity contribution in [2.45, 2.75) is 46.1 Å². The highest BCUT2D eigenvalue weighted by molar-refractivity contribution is 8.28. The van der Waals surface area contributed by atoms with Crippen LogP contribution in [0.3, 0.4) is 0 Å². The van der Waals surface area contributed by atoms with Gasteiger partial charge >= 0.3 is 0 Å². The molecule has 2 nitrogen and oxygen atoms in total. The summed E-state index contributed by atoms with van der Waals surface area (Å²) >= 11 is 0. The quantitative estimate of drug-likeness (QED) is 0.570. The van der Waals surface area contributed by atoms with E-state index in [1.165, 1.54) is 31.2 Å². The van der Waals surface area contributed by atoms with E-state index in [-0.39, 0.29) is 0 Å². The van der Waals surface area contributed by atoms with Crippen molar-refractivity contribution < 1.29 is 4.55 Å². The van der Waals surface area contributed by atoms with E-state index in [1.54, 1.807) is 0 Å². The van der Waals surface area contributed by atoms with Crippen LogP contribution in [-0.2, 0) is 6.54 Å². The Morgan fingerprint density at radius 2 is 1.86 bits per heavy atom. The number of nitrogens with one attached hydrogen (secondary N) is 1. The predicted octanol–water partition coefficient (Wildman–Crippen LogP) is 4.90. The second kappa shape index (κ2) is 10.3. The maximum atomic E-state index is 10.0. The molecule has 1 aromatic carbocycles. The Morgan fingerprint density at radius 1 is 1.14 bits per heavy atom. The van der Waals surface area contributed by atoms with Gasteiger partial charge in [-0.1, -0.05) is 57.0 Å². The van der Waals surface area contributed by atoms with Gasteiger partial charge in [0.05, 0.1) is 0 Å². The van der Waals surface area contributed by atoms with E-state index in [0.29, 0.717) is 0 Å². The van der Waals surface area contributed by atoms with Crippen LogP contribution in [0.1, 0.15) is 45.1 Å². The van der Waals surface area contributed by atoms with Crippen LogP contribution in [0.15, 0.2) is 30.3 Å². The van der Waals surface area contributed by atoms with Gasteiger partial charge in [-0.25, -0.2) is 0 Å². The molecule has 0 aliphatic heterocycles. The zero-order valence-electron chi connectivity index (χ0n) is 14.0. The van der Waals surface area contributed by atoms with Gasteiger partial charge in [-0.15, -0.1) is 10.3 Å². The molecule has 3 heteroatoms. The SMILES string of the molecule is CCS(C)(O)CCCCCC(C)CNCc1ccccc1. The molecule has 0 aliphatic rings. The summed E-state index contributed by atoms with van der Waals surface area (Å²) in [6, 6.07) is 10.6. The van der Waals surface area contributed by atoms with Gasteiger partial charge in [-0.3, -0.25) is 0 Å². The molecule has 0 heterocycles. The van der Waals surface area contributed by atoms with E-state index < -0.39 is 10.3 Å². The molecule has 0 amide bonds. The van der Waals surface area contributed by atoms with Crippen molar-refractivity contribution in [1.29, 1.82) is 0 Å². The van der Waals surface area contributed by atoms with Gasteiger partial charge in [-0.05, 0) is 48.6 Å². The molecule has 0 bridgehead atoms. The van der Waals surface area contributed by atoms with Gasteiger partial charge in [0.1, 0.15) is 0 Å². The Labute approximate surface area is 132 Å². The maximum Gasteiger partial charge on any atom is 0.0205 e. The fourth-order valence-corrected chi connectivity index (χ4v) is 3.50. The molecule has 0 fully saturated rings. The summed E-state index contributed by atoms with van der Waals surface area (Å²) in [4.78, 5) is 0. The largest absolute Gasteiger partial charge is 0.352 e. The summed E-state index contributed by atoms with van der Waals surface area (Å²) in [5, 5.41) is 3.54. The minimum atomic E-state index is -1.28. The zero-order valence-corrected chi connectivity index (χ0v) is 14.8. The highest BCUT2D eigenvalue weighted by Gasteiger charge is 2.10. The highest BCUT2D eigenvalue weighted by Crippen LogP contribution is 2.39. The molecular formula is C18H33NOS. The van der Waals surface area contributed by atoms with E-state index in [1.807, 2.05) is 6.26 Å². The standard InChI is InChI=1S/C18H33NOS/c1-4-21(3,20)14-10-6-7-11-17(2)15-19-16-18-12-8-5-9-13-18/h5,8-9,12-13,17,19-20H,4,6-7,10-11,14-16H2,1-3H3. The fourth-order valence-electron chi connectivity index (χ4n) is 2.39. The summed E-state index contributed by atoms with van der Waals surface area (Å²) in [6.07, 6.45) is 7.04. The van der Waals surface area contributed by atoms with Gasteiger partial charge in [-0.2, -0.15) is 0 Å². The average Bonchev–Trinajstić information content (AvgIpc) is 2.48. The van der Waals surface area contributed by atoms with Crippen LogP contribution in [0.2, 0.25) is 0 Å². The fraction of sp³-hybridized carbons (Fsp3) is 0.667. The second-order valence-electron chi connectivity index (χ2n) is 6.29. The molecule has 2 unspecified atom stereocenters. The van der Waals surface area contributed by atoms with Crippen LogP contribution in [0.4, 0.5) is 0 Å². The molecule has 0 saturated carbocycles. The third kappa shape index (κ3) is 9.18. The van der Waals surface area contributed by atoms with E-state index in [0.717, 1.165) is 30.5 Å². The van der Waals surface area contributed by atoms with Crippen molar-refractivity contribution in [3.05, 3.63) is 35.9 Å². The van der Waals surface area contributed by atoms with Crippen LogP contribution in [0, 0.1) is 5.92 Å². The molecule has 2 atom stereocenters. The molecule has 0 spiro atoms. The first kappa shape index (κ1) is 18.5. The summed E-state index contributed by atoms with van der Waals surface area (Å²) in [5.41, 5.74) is 1.36. The van der Waals surface area contributed by atoms with Crippen molar-refractivity contribution in [1.82, 2.24) is 5.32 Å². The molecule has 0 aliphatic carbocycles. The highest BCUT2D eigenvalue weighted by atomic mass is 32.3. The zero-order chi connectivity index (χ0) is 15.6. The number of hydrogen-bond acceptors (Lipinski definition) is 2. The summed E-state index contributed by atoms with van der Waals surface area (Å²) in [7, 11) is -1.28. The first-order valence-electron chi connectivity index (χ1n) is 8.24. The third-order valence-electron chi connectivity index (χ3n) is 4.07. The Balaban J connectivity index is 2.00. The van der Waals surface area contributed by atoms with Crippen LogP contribution in [-0.4, -0.2) is 28.9 Å². The van der Waals surface area contributed by atoms with Crippen LogP contribution < -0.4 is 5.32 Å². The Hall–Kier alpha value is -0.510. The van der Waals surface area contributed by atoms with E-state index >= 15 is 0 Å². The lowest BCUT2D eigenvalue weighted by Gasteiger charge is -2.27. The number of rotatable bonds is 11. The van der Waals surface area contributed by atoms with E-state index in [2.05, 4.69) is 49.5 Å². The molecule has 1 rings (SSSR count). The Morgan fingerprint density at radius 3 is 2.52 bits per heavy atom. The van der Waals surface area contributed by atoms with Crippen molar-refractivity contribution in [2.75, 3.05) is 24.3 Å². The lowest BCUT2D eigenvalue weighted by molar-refractivity contribution is 0.457. The minimum absolute atomic E-state index is 0.729. The first-order chi connectivity index (χ1) is 10.0. The van der Waals surface area contributed by atoms with Gasteiger partial charge < -0.3 is 9.87 Å². The molecule has 0 saturated heterocycles. The van der Waals surface area contributed by atoms with Gasteiger partial charge in [0.2, 0.25) is 0 Å². The minimum Gasteiger partial charge on any atom is -0.352 e. The molecule has 0 radical (unpaired) electrons. The molecule has 1 aromatic rings. The lowest BCUT2D eigenvalue weighted by Crippen LogP contribution is -2.20. The summed E-state index contributed by atoms with van der Waals surface area (Å²) in [5.74, 6) is 2.68. The summed E-state index contributed by atoms with van der Waals surface area (Å²) < 4.78 is 10.0. The number of hydrogen-bond donors (Lipinski definition) is 2. The second-order valence-corrected chi connectivity index (χ2v) is 9.72. The molecule has 2 N–H and O–H groups in total. The van der Waals surface area contributed by atoms with Crippen LogP contribution >= 0.6 is 10.3 Å². The van der Waals surface area contributed by atoms with Crippen LogP contribution in [0.25, 0.3) is 0 Å². The Bertz CT molecular complexity index is 367. The number of unbranched alkanes of at least 4 members (excludes halogenated alkanes) is 2. The topological polar surface area (TPSA) is 32.3 Å². The van der Waals surface area contributed by atoms with E-state index in [9.17, 15) is 4.55 Å². The van der Waals surface area contributed by atoms with Crippen molar-refractivity contribution >= 4 is 10.3 Å². The van der Waals surface area contributed by atoms with Crippen molar-refractivity contribution in [3.8, 4) is 0 Å². The van der Waals surface area contributed by atoms with Crippen molar-refractivity contribution in [2.24, 2.45) is 5.92 Å². The third-order valence-corrected chi connectivity index (χ3v) is 6.48. The van der Waals surface area contributed by atoms with Gasteiger partial charge in [0.25, 0.3) is 0 Å². The monoisotopic (exact) mass is 311 g/mol. The maximum absolute atomic E-state index is 10.0. The average molecular weight is 312 g/mol. The summed E-state index contributed by atoms with van der Waals surface area (Å²) in [6.45, 7) is 6.47. The predicted molar refractivity (Wildman–Crippen MR) is 97.3 cm³/mol.